The average Bonchev–Trinajstić information content (AvgIpc) is 2.63. The van der Waals surface area contributed by atoms with Crippen molar-refractivity contribution in [2.45, 2.75) is 13.8 Å². The molecule has 104 valence electrons. The van der Waals surface area contributed by atoms with Crippen LogP contribution in [0.4, 0.5) is 0 Å². The molecule has 0 aliphatic heterocycles. The van der Waals surface area contributed by atoms with E-state index in [1.54, 1.807) is 6.08 Å². The molecule has 0 saturated heterocycles. The van der Waals surface area contributed by atoms with E-state index in [9.17, 15) is 4.79 Å². The first-order valence-electron chi connectivity index (χ1n) is 5.78. The van der Waals surface area contributed by atoms with Crippen LogP contribution in [0.25, 0.3) is 6.08 Å². The number of aromatic nitrogens is 2. The Labute approximate surface area is 142 Å². The number of aryl methyl sites for hydroxylation is 1. The standard InChI is InChI=1S/C14H11Br3N2O/c1-8-14(17)9(2)19(18-8)13(20)4-3-10-5-11(15)7-12(16)6-10/h3-7H,1-2H3/b4-3+. The van der Waals surface area contributed by atoms with Gasteiger partial charge in [-0.1, -0.05) is 31.9 Å². The van der Waals surface area contributed by atoms with Crippen molar-refractivity contribution in [2.24, 2.45) is 0 Å². The summed E-state index contributed by atoms with van der Waals surface area (Å²) in [7, 11) is 0. The highest BCUT2D eigenvalue weighted by molar-refractivity contribution is 9.11. The van der Waals surface area contributed by atoms with Crippen molar-refractivity contribution in [3.05, 3.63) is 54.6 Å². The Morgan fingerprint density at radius 3 is 2.25 bits per heavy atom. The molecular weight excluding hydrogens is 452 g/mol. The van der Waals surface area contributed by atoms with E-state index >= 15 is 0 Å². The predicted octanol–water partition coefficient (Wildman–Crippen LogP) is 5.14. The molecule has 20 heavy (non-hydrogen) atoms. The van der Waals surface area contributed by atoms with Crippen LogP contribution in [0.15, 0.2) is 37.7 Å². The molecule has 0 N–H and O–H groups in total. The van der Waals surface area contributed by atoms with Gasteiger partial charge in [-0.2, -0.15) is 5.10 Å². The Morgan fingerprint density at radius 1 is 1.15 bits per heavy atom. The average molecular weight is 463 g/mol. The number of hydrogen-bond donors (Lipinski definition) is 0. The van der Waals surface area contributed by atoms with Crippen LogP contribution in [-0.2, 0) is 0 Å². The van der Waals surface area contributed by atoms with Crippen molar-refractivity contribution in [1.82, 2.24) is 9.78 Å². The Morgan fingerprint density at radius 2 is 1.75 bits per heavy atom. The maximum Gasteiger partial charge on any atom is 0.271 e. The van der Waals surface area contributed by atoms with Gasteiger partial charge in [-0.15, -0.1) is 0 Å². The Bertz CT molecular complexity index is 684. The number of carbonyl (C=O) groups excluding carboxylic acids is 1. The molecule has 1 aromatic heterocycles. The molecule has 0 aliphatic carbocycles. The van der Waals surface area contributed by atoms with Crippen LogP contribution in [0, 0.1) is 13.8 Å². The summed E-state index contributed by atoms with van der Waals surface area (Å²) >= 11 is 10.2. The second-order valence-corrected chi connectivity index (χ2v) is 6.90. The fourth-order valence-corrected chi connectivity index (χ4v) is 3.32. The molecule has 0 bridgehead atoms. The molecule has 1 heterocycles. The van der Waals surface area contributed by atoms with Gasteiger partial charge in [0, 0.05) is 15.0 Å². The first-order chi connectivity index (χ1) is 9.38. The molecule has 0 amide bonds. The van der Waals surface area contributed by atoms with Gasteiger partial charge in [-0.05, 0) is 59.6 Å². The van der Waals surface area contributed by atoms with Crippen LogP contribution in [0.3, 0.4) is 0 Å². The maximum absolute atomic E-state index is 12.1. The van der Waals surface area contributed by atoms with E-state index < -0.39 is 0 Å². The van der Waals surface area contributed by atoms with E-state index in [4.69, 9.17) is 0 Å². The van der Waals surface area contributed by atoms with Gasteiger partial charge in [-0.25, -0.2) is 4.68 Å². The minimum absolute atomic E-state index is 0.174. The van der Waals surface area contributed by atoms with Gasteiger partial charge in [0.15, 0.2) is 0 Å². The van der Waals surface area contributed by atoms with E-state index in [1.807, 2.05) is 32.0 Å². The Kier molecular flexibility index (Phi) is 4.99. The van der Waals surface area contributed by atoms with E-state index in [0.29, 0.717) is 0 Å². The topological polar surface area (TPSA) is 34.9 Å². The Balaban J connectivity index is 2.26. The van der Waals surface area contributed by atoms with Crippen molar-refractivity contribution >= 4 is 59.8 Å². The minimum Gasteiger partial charge on any atom is -0.267 e. The zero-order chi connectivity index (χ0) is 14.9. The lowest BCUT2D eigenvalue weighted by Crippen LogP contribution is -2.11. The van der Waals surface area contributed by atoms with Gasteiger partial charge < -0.3 is 0 Å². The van der Waals surface area contributed by atoms with Crippen LogP contribution in [0.1, 0.15) is 21.7 Å². The minimum atomic E-state index is -0.174. The summed E-state index contributed by atoms with van der Waals surface area (Å²) in [6.07, 6.45) is 3.28. The van der Waals surface area contributed by atoms with Crippen LogP contribution in [0.2, 0.25) is 0 Å². The van der Waals surface area contributed by atoms with Crippen molar-refractivity contribution in [3.8, 4) is 0 Å². The Hall–Kier alpha value is -0.720. The summed E-state index contributed by atoms with van der Waals surface area (Å²) in [5.74, 6) is -0.174. The lowest BCUT2D eigenvalue weighted by atomic mass is 10.2. The number of allylic oxidation sites excluding steroid dienone is 1. The quantitative estimate of drug-likeness (QED) is 0.579. The molecule has 2 rings (SSSR count). The van der Waals surface area contributed by atoms with Gasteiger partial charge in [0.05, 0.1) is 15.9 Å². The van der Waals surface area contributed by atoms with Gasteiger partial charge >= 0.3 is 0 Å². The van der Waals surface area contributed by atoms with Gasteiger partial charge in [-0.3, -0.25) is 4.79 Å². The lowest BCUT2D eigenvalue weighted by Gasteiger charge is -1.99. The van der Waals surface area contributed by atoms with E-state index in [1.165, 1.54) is 10.8 Å². The highest BCUT2D eigenvalue weighted by atomic mass is 79.9. The predicted molar refractivity (Wildman–Crippen MR) is 90.9 cm³/mol. The summed E-state index contributed by atoms with van der Waals surface area (Å²) in [5, 5.41) is 4.21. The summed E-state index contributed by atoms with van der Waals surface area (Å²) in [6.45, 7) is 3.71. The zero-order valence-corrected chi connectivity index (χ0v) is 15.6. The third-order valence-corrected chi connectivity index (χ3v) is 4.78. The molecule has 0 saturated carbocycles. The number of benzene rings is 1. The summed E-state index contributed by atoms with van der Waals surface area (Å²) in [4.78, 5) is 12.1. The van der Waals surface area contributed by atoms with E-state index in [-0.39, 0.29) is 5.91 Å². The third kappa shape index (κ3) is 3.48. The van der Waals surface area contributed by atoms with Crippen LogP contribution < -0.4 is 0 Å². The molecule has 0 radical (unpaired) electrons. The van der Waals surface area contributed by atoms with Gasteiger partial charge in [0.1, 0.15) is 0 Å². The summed E-state index contributed by atoms with van der Waals surface area (Å²) in [5.41, 5.74) is 2.53. The molecule has 0 fully saturated rings. The molecule has 0 aliphatic rings. The highest BCUT2D eigenvalue weighted by Crippen LogP contribution is 2.22. The second-order valence-electron chi connectivity index (χ2n) is 4.27. The van der Waals surface area contributed by atoms with Crippen LogP contribution >= 0.6 is 47.8 Å². The van der Waals surface area contributed by atoms with Crippen molar-refractivity contribution < 1.29 is 4.79 Å². The number of halogens is 3. The molecule has 0 unspecified atom stereocenters. The molecule has 1 aromatic carbocycles. The van der Waals surface area contributed by atoms with Crippen molar-refractivity contribution in [3.63, 3.8) is 0 Å². The number of rotatable bonds is 2. The molecule has 0 spiro atoms. The van der Waals surface area contributed by atoms with Crippen LogP contribution in [0.5, 0.6) is 0 Å². The van der Waals surface area contributed by atoms with Crippen LogP contribution in [-0.4, -0.2) is 15.7 Å². The SMILES string of the molecule is Cc1nn(C(=O)/C=C/c2cc(Br)cc(Br)c2)c(C)c1Br. The maximum atomic E-state index is 12.1. The first kappa shape index (κ1) is 15.7. The molecule has 3 nitrogen and oxygen atoms in total. The van der Waals surface area contributed by atoms with Crippen molar-refractivity contribution in [2.75, 3.05) is 0 Å². The van der Waals surface area contributed by atoms with Gasteiger partial charge in [0.2, 0.25) is 0 Å². The molecule has 0 atom stereocenters. The summed E-state index contributed by atoms with van der Waals surface area (Å²) in [6, 6.07) is 5.81. The number of hydrogen-bond acceptors (Lipinski definition) is 2. The second kappa shape index (κ2) is 6.37. The highest BCUT2D eigenvalue weighted by Gasteiger charge is 2.12. The smallest absolute Gasteiger partial charge is 0.267 e. The van der Waals surface area contributed by atoms with E-state index in [2.05, 4.69) is 52.9 Å². The largest absolute Gasteiger partial charge is 0.271 e. The molecule has 2 aromatic rings. The number of carbonyl (C=O) groups is 1. The van der Waals surface area contributed by atoms with E-state index in [0.717, 1.165) is 30.4 Å². The fourth-order valence-electron chi connectivity index (χ4n) is 1.75. The summed E-state index contributed by atoms with van der Waals surface area (Å²) < 4.78 is 4.16. The zero-order valence-electron chi connectivity index (χ0n) is 10.8. The number of nitrogens with zero attached hydrogens (tertiary/aromatic N) is 2. The lowest BCUT2D eigenvalue weighted by molar-refractivity contribution is 0.0952. The van der Waals surface area contributed by atoms with Gasteiger partial charge in [0.25, 0.3) is 5.91 Å². The fraction of sp³-hybridized carbons (Fsp3) is 0.143. The third-order valence-electron chi connectivity index (χ3n) is 2.72. The molecular formula is C14H11Br3N2O. The van der Waals surface area contributed by atoms with Crippen molar-refractivity contribution in [1.29, 1.82) is 0 Å². The molecule has 6 heteroatoms. The normalized spacial score (nSPS) is 11.2. The first-order valence-corrected chi connectivity index (χ1v) is 8.16. The monoisotopic (exact) mass is 460 g/mol.